The normalized spacial score (nSPS) is 13.9. The van der Waals surface area contributed by atoms with E-state index in [0.717, 1.165) is 0 Å². The van der Waals surface area contributed by atoms with Crippen molar-refractivity contribution in [2.45, 2.75) is 19.4 Å². The minimum atomic E-state index is -2.96. The van der Waals surface area contributed by atoms with E-state index >= 15 is 0 Å². The van der Waals surface area contributed by atoms with Gasteiger partial charge in [-0.3, -0.25) is 4.79 Å². The van der Waals surface area contributed by atoms with E-state index in [1.807, 2.05) is 11.8 Å². The summed E-state index contributed by atoms with van der Waals surface area (Å²) in [4.78, 5) is 12.7. The van der Waals surface area contributed by atoms with Gasteiger partial charge in [-0.2, -0.15) is 0 Å². The molecule has 0 heterocycles. The smallest absolute Gasteiger partial charge is 0.320 e. The minimum Gasteiger partial charge on any atom is -0.480 e. The van der Waals surface area contributed by atoms with Gasteiger partial charge in [0.25, 0.3) is 0 Å². The van der Waals surface area contributed by atoms with Crippen LogP contribution >= 0.6 is 0 Å². The van der Waals surface area contributed by atoms with E-state index in [-0.39, 0.29) is 5.75 Å². The Labute approximate surface area is 103 Å². The van der Waals surface area contributed by atoms with E-state index in [0.29, 0.717) is 26.1 Å². The average Bonchev–Trinajstić information content (AvgIpc) is 2.19. The highest BCUT2D eigenvalue weighted by atomic mass is 32.2. The molecule has 17 heavy (non-hydrogen) atoms. The number of rotatable bonds is 9. The lowest BCUT2D eigenvalue weighted by molar-refractivity contribution is -0.139. The minimum absolute atomic E-state index is 0.0996. The quantitative estimate of drug-likeness (QED) is 0.580. The predicted octanol–water partition coefficient (Wildman–Crippen LogP) is -0.584. The summed E-state index contributed by atoms with van der Waals surface area (Å²) in [6, 6.07) is -0.569. The van der Waals surface area contributed by atoms with Crippen LogP contribution in [0.1, 0.15) is 13.3 Å². The summed E-state index contributed by atoms with van der Waals surface area (Å²) in [7, 11) is -1.17. The Hall–Kier alpha value is -0.660. The van der Waals surface area contributed by atoms with E-state index in [1.165, 1.54) is 6.26 Å². The van der Waals surface area contributed by atoms with Crippen molar-refractivity contribution < 1.29 is 18.3 Å². The number of likely N-dealkylation sites (N-methyl/N-ethyl adjacent to an activating group) is 1. The molecule has 0 aromatic carbocycles. The first-order valence-corrected chi connectivity index (χ1v) is 7.64. The third kappa shape index (κ3) is 9.08. The molecule has 0 aromatic rings. The highest BCUT2D eigenvalue weighted by Crippen LogP contribution is 1.96. The van der Waals surface area contributed by atoms with Crippen LogP contribution in [0.4, 0.5) is 0 Å². The van der Waals surface area contributed by atoms with E-state index < -0.39 is 21.8 Å². The second-order valence-corrected chi connectivity index (χ2v) is 6.43. The summed E-state index contributed by atoms with van der Waals surface area (Å²) in [6.45, 7) is 3.43. The van der Waals surface area contributed by atoms with Crippen LogP contribution < -0.4 is 5.32 Å². The molecule has 0 fully saturated rings. The molecule has 6 nitrogen and oxygen atoms in total. The summed E-state index contributed by atoms with van der Waals surface area (Å²) < 4.78 is 21.9. The van der Waals surface area contributed by atoms with Crippen molar-refractivity contribution in [3.05, 3.63) is 0 Å². The van der Waals surface area contributed by atoms with Crippen molar-refractivity contribution in [3.8, 4) is 0 Å². The Bertz CT molecular complexity index is 329. The van der Waals surface area contributed by atoms with Gasteiger partial charge < -0.3 is 15.3 Å². The molecule has 102 valence electrons. The standard InChI is InChI=1S/C10H22N2O4S/c1-4-11-9(10(13)14)5-6-12(2)7-8-17(3,15)16/h9,11H,4-8H2,1-3H3,(H,13,14). The highest BCUT2D eigenvalue weighted by Gasteiger charge is 2.16. The largest absolute Gasteiger partial charge is 0.480 e. The summed E-state index contributed by atoms with van der Waals surface area (Å²) in [6.07, 6.45) is 1.66. The van der Waals surface area contributed by atoms with Crippen molar-refractivity contribution in [1.29, 1.82) is 0 Å². The first-order chi connectivity index (χ1) is 7.76. The van der Waals surface area contributed by atoms with Crippen LogP contribution in [0.25, 0.3) is 0 Å². The van der Waals surface area contributed by atoms with Crippen LogP contribution in [0.3, 0.4) is 0 Å². The van der Waals surface area contributed by atoms with Gasteiger partial charge in [0, 0.05) is 12.8 Å². The van der Waals surface area contributed by atoms with Crippen LogP contribution in [0.5, 0.6) is 0 Å². The zero-order chi connectivity index (χ0) is 13.5. The molecule has 0 aliphatic rings. The molecule has 0 amide bonds. The van der Waals surface area contributed by atoms with Crippen LogP contribution in [-0.2, 0) is 14.6 Å². The molecule has 0 aliphatic heterocycles. The summed E-state index contributed by atoms with van der Waals surface area (Å²) in [5.41, 5.74) is 0. The number of carboxylic acids is 1. The first-order valence-electron chi connectivity index (χ1n) is 5.58. The second-order valence-electron chi connectivity index (χ2n) is 4.17. The SMILES string of the molecule is CCNC(CCN(C)CCS(C)(=O)=O)C(=O)O. The number of hydrogen-bond acceptors (Lipinski definition) is 5. The van der Waals surface area contributed by atoms with Crippen molar-refractivity contribution in [1.82, 2.24) is 10.2 Å². The first kappa shape index (κ1) is 16.3. The average molecular weight is 266 g/mol. The fourth-order valence-corrected chi connectivity index (χ4v) is 1.99. The molecular formula is C10H22N2O4S. The van der Waals surface area contributed by atoms with Gasteiger partial charge in [-0.15, -0.1) is 0 Å². The van der Waals surface area contributed by atoms with Crippen molar-refractivity contribution >= 4 is 15.8 Å². The molecule has 0 aliphatic carbocycles. The third-order valence-corrected chi connectivity index (χ3v) is 3.32. The second kappa shape index (κ2) is 7.62. The fraction of sp³-hybridized carbons (Fsp3) is 0.900. The molecule has 0 spiro atoms. The molecule has 0 radical (unpaired) electrons. The van der Waals surface area contributed by atoms with Crippen LogP contribution in [-0.4, -0.2) is 69.1 Å². The summed E-state index contributed by atoms with van der Waals surface area (Å²) in [5, 5.41) is 11.8. The lowest BCUT2D eigenvalue weighted by Gasteiger charge is -2.19. The number of carboxylic acid groups (broad SMARTS) is 1. The van der Waals surface area contributed by atoms with Crippen molar-refractivity contribution in [2.24, 2.45) is 0 Å². The maximum Gasteiger partial charge on any atom is 0.320 e. The lowest BCUT2D eigenvalue weighted by atomic mass is 10.2. The van der Waals surface area contributed by atoms with E-state index in [9.17, 15) is 13.2 Å². The predicted molar refractivity (Wildman–Crippen MR) is 66.9 cm³/mol. The maximum absolute atomic E-state index is 11.0. The van der Waals surface area contributed by atoms with Crippen molar-refractivity contribution in [3.63, 3.8) is 0 Å². The lowest BCUT2D eigenvalue weighted by Crippen LogP contribution is -2.39. The summed E-state index contributed by atoms with van der Waals surface area (Å²) in [5.74, 6) is -0.772. The van der Waals surface area contributed by atoms with Gasteiger partial charge in [-0.05, 0) is 26.6 Å². The number of nitrogens with one attached hydrogen (secondary N) is 1. The third-order valence-electron chi connectivity index (χ3n) is 2.39. The molecule has 7 heteroatoms. The molecule has 1 atom stereocenters. The molecule has 0 bridgehead atoms. The van der Waals surface area contributed by atoms with Gasteiger partial charge in [0.05, 0.1) is 5.75 Å². The Morgan fingerprint density at radius 2 is 2.00 bits per heavy atom. The topological polar surface area (TPSA) is 86.7 Å². The highest BCUT2D eigenvalue weighted by molar-refractivity contribution is 7.90. The number of carbonyl (C=O) groups is 1. The molecule has 0 aromatic heterocycles. The zero-order valence-electron chi connectivity index (χ0n) is 10.6. The van der Waals surface area contributed by atoms with Crippen LogP contribution in [0, 0.1) is 0 Å². The number of aliphatic carboxylic acids is 1. The number of sulfone groups is 1. The molecule has 2 N–H and O–H groups in total. The van der Waals surface area contributed by atoms with Gasteiger partial charge >= 0.3 is 5.97 Å². The van der Waals surface area contributed by atoms with E-state index in [1.54, 1.807) is 7.05 Å². The molecule has 0 saturated heterocycles. The van der Waals surface area contributed by atoms with Gasteiger partial charge in [0.15, 0.2) is 0 Å². The van der Waals surface area contributed by atoms with Gasteiger partial charge in [-0.1, -0.05) is 6.92 Å². The van der Waals surface area contributed by atoms with Gasteiger partial charge in [0.2, 0.25) is 0 Å². The van der Waals surface area contributed by atoms with Crippen LogP contribution in [0.2, 0.25) is 0 Å². The molecule has 0 rings (SSSR count). The van der Waals surface area contributed by atoms with Gasteiger partial charge in [0.1, 0.15) is 15.9 Å². The molecule has 1 unspecified atom stereocenters. The Morgan fingerprint density at radius 3 is 2.41 bits per heavy atom. The number of hydrogen-bond donors (Lipinski definition) is 2. The number of nitrogens with zero attached hydrogens (tertiary/aromatic N) is 1. The van der Waals surface area contributed by atoms with Crippen molar-refractivity contribution in [2.75, 3.05) is 38.7 Å². The molecule has 0 saturated carbocycles. The Morgan fingerprint density at radius 1 is 1.41 bits per heavy atom. The van der Waals surface area contributed by atoms with Gasteiger partial charge in [-0.25, -0.2) is 8.42 Å². The molecular weight excluding hydrogens is 244 g/mol. The monoisotopic (exact) mass is 266 g/mol. The zero-order valence-corrected chi connectivity index (χ0v) is 11.5. The van der Waals surface area contributed by atoms with E-state index in [2.05, 4.69) is 5.32 Å². The fourth-order valence-electron chi connectivity index (χ4n) is 1.34. The maximum atomic E-state index is 11.0. The Balaban J connectivity index is 3.96. The Kier molecular flexibility index (Phi) is 7.33. The van der Waals surface area contributed by atoms with Crippen LogP contribution in [0.15, 0.2) is 0 Å². The van der Waals surface area contributed by atoms with E-state index in [4.69, 9.17) is 5.11 Å². The summed E-state index contributed by atoms with van der Waals surface area (Å²) >= 11 is 0.